The number of ether oxygens (including phenoxy) is 1. The third-order valence-electron chi connectivity index (χ3n) is 6.77. The molecule has 0 saturated heterocycles. The fourth-order valence-electron chi connectivity index (χ4n) is 4.73. The van der Waals surface area contributed by atoms with Gasteiger partial charge in [0.05, 0.1) is 0 Å². The first-order valence-electron chi connectivity index (χ1n) is 11.2. The van der Waals surface area contributed by atoms with E-state index in [9.17, 15) is 4.79 Å². The number of carbonyl (C=O) groups is 1. The molecule has 0 atom stereocenters. The van der Waals surface area contributed by atoms with E-state index in [1.54, 1.807) is 0 Å². The molecule has 0 spiro atoms. The van der Waals surface area contributed by atoms with Gasteiger partial charge in [-0.05, 0) is 0 Å². The fraction of sp³-hybridized carbons (Fsp3) is 0.444. The summed E-state index contributed by atoms with van der Waals surface area (Å²) in [5.41, 5.74) is 6.27. The van der Waals surface area contributed by atoms with E-state index < -0.39 is 20.1 Å². The monoisotopic (exact) mass is 508 g/mol. The summed E-state index contributed by atoms with van der Waals surface area (Å²) >= 11 is -3.50. The van der Waals surface area contributed by atoms with Crippen molar-refractivity contribution in [1.29, 1.82) is 0 Å². The summed E-state index contributed by atoms with van der Waals surface area (Å²) in [6.07, 6.45) is 5.93. The Kier molecular flexibility index (Phi) is 7.15. The van der Waals surface area contributed by atoms with Crippen LogP contribution in [0.5, 0.6) is 0 Å². The van der Waals surface area contributed by atoms with Gasteiger partial charge in [-0.25, -0.2) is 0 Å². The molecule has 1 aromatic carbocycles. The van der Waals surface area contributed by atoms with Gasteiger partial charge >= 0.3 is 205 Å². The van der Waals surface area contributed by atoms with Crippen molar-refractivity contribution in [3.8, 4) is 0 Å². The van der Waals surface area contributed by atoms with E-state index in [1.165, 1.54) is 30.0 Å². The molecule has 0 unspecified atom stereocenters. The number of hydrogen-bond donors (Lipinski definition) is 0. The Labute approximate surface area is 204 Å². The van der Waals surface area contributed by atoms with E-state index in [0.29, 0.717) is 5.56 Å². The van der Waals surface area contributed by atoms with Gasteiger partial charge in [0.25, 0.3) is 0 Å². The first-order valence-corrected chi connectivity index (χ1v) is 17.0. The molecule has 0 fully saturated rings. The van der Waals surface area contributed by atoms with Gasteiger partial charge in [0.15, 0.2) is 0 Å². The quantitative estimate of drug-likeness (QED) is 0.294. The van der Waals surface area contributed by atoms with Crippen LogP contribution >= 0.6 is 18.6 Å². The summed E-state index contributed by atoms with van der Waals surface area (Å²) in [5, 5.41) is 0. The van der Waals surface area contributed by atoms with Crippen LogP contribution in [0.15, 0.2) is 66.5 Å². The molecule has 0 bridgehead atoms. The van der Waals surface area contributed by atoms with Crippen LogP contribution in [0.3, 0.4) is 0 Å². The molecular formula is C27H34Cl2O2Ti. The maximum atomic E-state index is 12.3. The summed E-state index contributed by atoms with van der Waals surface area (Å²) in [7, 11) is 14.7. The molecular weight excluding hydrogens is 475 g/mol. The summed E-state index contributed by atoms with van der Waals surface area (Å²) in [4.78, 5) is 12.3. The average Bonchev–Trinajstić information content (AvgIpc) is 3.19. The fourth-order valence-corrected chi connectivity index (χ4v) is 14.0. The minimum absolute atomic E-state index is 0.104. The SMILES string of the molecule is CC1=C(C)C(C)(C)[C]([Ti]([Cl])([Cl])[C]2=C(Cc3ccc(C(=O)OC(C)(C)C)cc3)C=CC2)=C1C. The molecule has 0 saturated carbocycles. The number of benzene rings is 1. The Balaban J connectivity index is 1.88. The predicted molar refractivity (Wildman–Crippen MR) is 133 cm³/mol. The van der Waals surface area contributed by atoms with Crippen LogP contribution in [0.4, 0.5) is 0 Å². The van der Waals surface area contributed by atoms with Crippen molar-refractivity contribution in [2.75, 3.05) is 0 Å². The van der Waals surface area contributed by atoms with E-state index in [4.69, 9.17) is 23.3 Å². The molecule has 1 aromatic rings. The Morgan fingerprint density at radius 2 is 1.66 bits per heavy atom. The van der Waals surface area contributed by atoms with Crippen molar-refractivity contribution in [2.24, 2.45) is 5.41 Å². The molecule has 0 amide bonds. The molecule has 172 valence electrons. The van der Waals surface area contributed by atoms with Crippen LogP contribution in [0.25, 0.3) is 0 Å². The molecule has 0 radical (unpaired) electrons. The molecule has 0 N–H and O–H groups in total. The minimum atomic E-state index is -3.50. The van der Waals surface area contributed by atoms with Crippen molar-refractivity contribution in [3.63, 3.8) is 0 Å². The molecule has 3 rings (SSSR count). The van der Waals surface area contributed by atoms with Gasteiger partial charge in [-0.3, -0.25) is 0 Å². The first-order chi connectivity index (χ1) is 14.7. The molecule has 2 aliphatic carbocycles. The zero-order valence-corrected chi connectivity index (χ0v) is 23.5. The molecule has 0 aliphatic heterocycles. The molecule has 5 heteroatoms. The number of esters is 1. The molecule has 2 aliphatic rings. The van der Waals surface area contributed by atoms with Crippen molar-refractivity contribution >= 4 is 24.6 Å². The van der Waals surface area contributed by atoms with Crippen LogP contribution < -0.4 is 0 Å². The van der Waals surface area contributed by atoms with Crippen molar-refractivity contribution in [3.05, 3.63) is 77.6 Å². The van der Waals surface area contributed by atoms with E-state index in [2.05, 4.69) is 46.8 Å². The third kappa shape index (κ3) is 4.90. The summed E-state index contributed by atoms with van der Waals surface area (Å²) in [6, 6.07) is 7.66. The number of allylic oxidation sites excluding steroid dienone is 8. The van der Waals surface area contributed by atoms with Gasteiger partial charge in [0, 0.05) is 0 Å². The van der Waals surface area contributed by atoms with E-state index in [-0.39, 0.29) is 11.4 Å². The number of rotatable bonds is 5. The summed E-state index contributed by atoms with van der Waals surface area (Å²) < 4.78 is 7.97. The summed E-state index contributed by atoms with van der Waals surface area (Å²) in [6.45, 7) is 16.7. The molecule has 2 nitrogen and oxygen atoms in total. The van der Waals surface area contributed by atoms with Crippen LogP contribution in [0.1, 0.15) is 77.7 Å². The molecule has 0 heterocycles. The van der Waals surface area contributed by atoms with Gasteiger partial charge < -0.3 is 0 Å². The average molecular weight is 509 g/mol. The maximum absolute atomic E-state index is 12.3. The second-order valence-electron chi connectivity index (χ2n) is 10.4. The predicted octanol–water partition coefficient (Wildman–Crippen LogP) is 8.51. The second-order valence-corrected chi connectivity index (χ2v) is 19.4. The Morgan fingerprint density at radius 1 is 1.06 bits per heavy atom. The number of carbonyl (C=O) groups excluding carboxylic acids is 1. The van der Waals surface area contributed by atoms with Gasteiger partial charge in [-0.1, -0.05) is 0 Å². The van der Waals surface area contributed by atoms with Crippen molar-refractivity contribution < 1.29 is 24.0 Å². The Morgan fingerprint density at radius 3 is 2.16 bits per heavy atom. The standard InChI is InChI=1S/C17H19O2.C10H15.2ClH.Ti/c1-17(2,3)19-16(18)15-10-8-14(9-11-15)12-13-6-4-5-7-13;1-7-6-10(4,5)9(3)8(7)2;;;/h4,6,8-11H,5,12H2,1-3H3;1-5H3;2*1H;/q;;;;+2/p-2. The Hall–Kier alpha value is -1.06. The van der Waals surface area contributed by atoms with Crippen LogP contribution in [0, 0.1) is 5.41 Å². The second kappa shape index (κ2) is 8.95. The van der Waals surface area contributed by atoms with Crippen LogP contribution in [0.2, 0.25) is 0 Å². The molecule has 32 heavy (non-hydrogen) atoms. The normalized spacial score (nSPS) is 18.8. The van der Waals surface area contributed by atoms with E-state index >= 15 is 0 Å². The van der Waals surface area contributed by atoms with Crippen molar-refractivity contribution in [2.45, 2.75) is 73.8 Å². The van der Waals surface area contributed by atoms with Crippen LogP contribution in [-0.2, 0) is 25.6 Å². The van der Waals surface area contributed by atoms with Gasteiger partial charge in [0.1, 0.15) is 0 Å². The van der Waals surface area contributed by atoms with E-state index in [0.717, 1.165) is 18.4 Å². The zero-order valence-electron chi connectivity index (χ0n) is 20.5. The first kappa shape index (κ1) is 25.6. The number of halogens is 2. The van der Waals surface area contributed by atoms with E-state index in [1.807, 2.05) is 45.0 Å². The third-order valence-corrected chi connectivity index (χ3v) is 14.8. The molecule has 0 aromatic heterocycles. The number of hydrogen-bond acceptors (Lipinski definition) is 2. The van der Waals surface area contributed by atoms with Gasteiger partial charge in [-0.2, -0.15) is 0 Å². The topological polar surface area (TPSA) is 26.3 Å². The summed E-state index contributed by atoms with van der Waals surface area (Å²) in [5.74, 6) is -0.302. The van der Waals surface area contributed by atoms with Crippen LogP contribution in [-0.4, -0.2) is 11.6 Å². The Bertz CT molecular complexity index is 1060. The van der Waals surface area contributed by atoms with Crippen molar-refractivity contribution in [1.82, 2.24) is 0 Å². The van der Waals surface area contributed by atoms with Gasteiger partial charge in [0.2, 0.25) is 0 Å². The van der Waals surface area contributed by atoms with Gasteiger partial charge in [-0.15, -0.1) is 0 Å². The zero-order chi connectivity index (χ0) is 24.1.